The van der Waals surface area contributed by atoms with Gasteiger partial charge in [0.25, 0.3) is 0 Å². The molecule has 0 spiro atoms. The second kappa shape index (κ2) is 3.84. The van der Waals surface area contributed by atoms with Crippen LogP contribution in [0.4, 0.5) is 0 Å². The van der Waals surface area contributed by atoms with Gasteiger partial charge in [-0.25, -0.2) is 9.67 Å². The molecule has 5 heteroatoms. The first kappa shape index (κ1) is 10.1. The number of hydrogen-bond acceptors (Lipinski definition) is 3. The Morgan fingerprint density at radius 2 is 2.16 bits per heavy atom. The van der Waals surface area contributed by atoms with E-state index in [-0.39, 0.29) is 0 Å². The van der Waals surface area contributed by atoms with Crippen LogP contribution in [-0.4, -0.2) is 19.7 Å². The minimum Gasteiger partial charge on any atom is -0.463 e. The van der Waals surface area contributed by atoms with Gasteiger partial charge in [-0.2, -0.15) is 5.10 Å². The lowest BCUT2D eigenvalue weighted by atomic mass is 10.2. The maximum Gasteiger partial charge on any atom is 0.152 e. The zero-order chi connectivity index (χ0) is 12.7. The van der Waals surface area contributed by atoms with Gasteiger partial charge in [0, 0.05) is 0 Å². The summed E-state index contributed by atoms with van der Waals surface area (Å²) in [5.41, 5.74) is 3.80. The number of rotatable bonds is 2. The summed E-state index contributed by atoms with van der Waals surface area (Å²) in [6, 6.07) is 11.7. The van der Waals surface area contributed by atoms with Crippen LogP contribution in [0.2, 0.25) is 0 Å². The molecule has 1 N–H and O–H groups in total. The average molecular weight is 250 g/mol. The topological polar surface area (TPSA) is 59.6 Å². The predicted molar refractivity (Wildman–Crippen MR) is 70.9 cm³/mol. The molecule has 0 amide bonds. The fraction of sp³-hybridized carbons (Fsp3) is 0. The normalized spacial score (nSPS) is 11.2. The second-order valence-electron chi connectivity index (χ2n) is 4.21. The van der Waals surface area contributed by atoms with Crippen LogP contribution in [0.25, 0.3) is 28.2 Å². The van der Waals surface area contributed by atoms with Gasteiger partial charge in [0.15, 0.2) is 5.76 Å². The number of nitrogens with zero attached hydrogens (tertiary/aromatic N) is 3. The van der Waals surface area contributed by atoms with Crippen LogP contribution >= 0.6 is 0 Å². The summed E-state index contributed by atoms with van der Waals surface area (Å²) in [7, 11) is 0. The van der Waals surface area contributed by atoms with Crippen molar-refractivity contribution in [1.82, 2.24) is 19.7 Å². The van der Waals surface area contributed by atoms with Crippen molar-refractivity contribution < 1.29 is 4.42 Å². The van der Waals surface area contributed by atoms with E-state index >= 15 is 0 Å². The number of fused-ring (bicyclic) bond motifs is 1. The highest BCUT2D eigenvalue weighted by Gasteiger charge is 2.10. The standard InChI is InChI=1S/C14H10N4O/c1-2-14(19-7-1)13-5-6-17-18(13)10-3-4-11-12(8-10)16-9-15-11/h1-9H,(H,15,16). The van der Waals surface area contributed by atoms with E-state index in [1.807, 2.05) is 41.1 Å². The molecule has 4 aromatic rings. The number of nitrogens with one attached hydrogen (secondary N) is 1. The summed E-state index contributed by atoms with van der Waals surface area (Å²) < 4.78 is 7.27. The Labute approximate surface area is 108 Å². The van der Waals surface area contributed by atoms with Crippen LogP contribution in [-0.2, 0) is 0 Å². The molecule has 92 valence electrons. The molecule has 0 atom stereocenters. The summed E-state index contributed by atoms with van der Waals surface area (Å²) in [5.74, 6) is 0.791. The number of aromatic amines is 1. The molecule has 0 aliphatic heterocycles. The summed E-state index contributed by atoms with van der Waals surface area (Å²) in [6.07, 6.45) is 5.10. The number of aromatic nitrogens is 4. The van der Waals surface area contributed by atoms with Crippen molar-refractivity contribution in [3.05, 3.63) is 55.2 Å². The fourth-order valence-electron chi connectivity index (χ4n) is 2.17. The maximum absolute atomic E-state index is 5.43. The molecular formula is C14H10N4O. The lowest BCUT2D eigenvalue weighted by molar-refractivity contribution is 0.577. The Morgan fingerprint density at radius 3 is 3.05 bits per heavy atom. The molecule has 3 heterocycles. The van der Waals surface area contributed by atoms with E-state index in [1.54, 1.807) is 18.8 Å². The van der Waals surface area contributed by atoms with Gasteiger partial charge in [-0.3, -0.25) is 0 Å². The molecule has 0 fully saturated rings. The Morgan fingerprint density at radius 1 is 1.16 bits per heavy atom. The smallest absolute Gasteiger partial charge is 0.152 e. The summed E-state index contributed by atoms with van der Waals surface area (Å²) >= 11 is 0. The Balaban J connectivity index is 1.90. The molecular weight excluding hydrogens is 240 g/mol. The quantitative estimate of drug-likeness (QED) is 0.595. The van der Waals surface area contributed by atoms with E-state index in [4.69, 9.17) is 4.42 Å². The third-order valence-electron chi connectivity index (χ3n) is 3.07. The molecule has 1 aromatic carbocycles. The van der Waals surface area contributed by atoms with Gasteiger partial charge in [-0.05, 0) is 36.4 Å². The molecule has 0 saturated carbocycles. The SMILES string of the molecule is c1coc(-c2ccnn2-c2ccc3[nH]cnc3c2)c1. The molecule has 0 saturated heterocycles. The van der Waals surface area contributed by atoms with Gasteiger partial charge in [0.05, 0.1) is 35.5 Å². The van der Waals surface area contributed by atoms with Gasteiger partial charge in [0.1, 0.15) is 5.69 Å². The highest BCUT2D eigenvalue weighted by atomic mass is 16.3. The highest BCUT2D eigenvalue weighted by molar-refractivity contribution is 5.77. The first-order chi connectivity index (χ1) is 9.42. The number of H-pyrrole nitrogens is 1. The minimum atomic E-state index is 0.791. The molecule has 5 nitrogen and oxygen atoms in total. The zero-order valence-electron chi connectivity index (χ0n) is 9.95. The maximum atomic E-state index is 5.43. The van der Waals surface area contributed by atoms with E-state index < -0.39 is 0 Å². The van der Waals surface area contributed by atoms with E-state index in [0.717, 1.165) is 28.2 Å². The Kier molecular flexibility index (Phi) is 2.05. The molecule has 0 aliphatic rings. The first-order valence-electron chi connectivity index (χ1n) is 5.93. The van der Waals surface area contributed by atoms with E-state index in [2.05, 4.69) is 15.1 Å². The van der Waals surface area contributed by atoms with Crippen molar-refractivity contribution in [2.45, 2.75) is 0 Å². The highest BCUT2D eigenvalue weighted by Crippen LogP contribution is 2.24. The molecule has 4 rings (SSSR count). The van der Waals surface area contributed by atoms with Crippen molar-refractivity contribution in [3.8, 4) is 17.1 Å². The van der Waals surface area contributed by atoms with Crippen molar-refractivity contribution in [2.24, 2.45) is 0 Å². The Bertz CT molecular complexity index is 826. The molecule has 3 aromatic heterocycles. The van der Waals surface area contributed by atoms with Crippen LogP contribution < -0.4 is 0 Å². The molecule has 0 radical (unpaired) electrons. The fourth-order valence-corrected chi connectivity index (χ4v) is 2.17. The molecule has 0 unspecified atom stereocenters. The third kappa shape index (κ3) is 1.55. The van der Waals surface area contributed by atoms with Crippen LogP contribution in [0.3, 0.4) is 0 Å². The summed E-state index contributed by atoms with van der Waals surface area (Å²) in [4.78, 5) is 7.34. The van der Waals surface area contributed by atoms with Gasteiger partial charge in [0.2, 0.25) is 0 Å². The largest absolute Gasteiger partial charge is 0.463 e. The monoisotopic (exact) mass is 250 g/mol. The summed E-state index contributed by atoms with van der Waals surface area (Å²) in [6.45, 7) is 0. The van der Waals surface area contributed by atoms with E-state index in [0.29, 0.717) is 0 Å². The number of hydrogen-bond donors (Lipinski definition) is 1. The van der Waals surface area contributed by atoms with Gasteiger partial charge in [-0.1, -0.05) is 0 Å². The first-order valence-corrected chi connectivity index (χ1v) is 5.93. The zero-order valence-corrected chi connectivity index (χ0v) is 9.95. The van der Waals surface area contributed by atoms with Crippen molar-refractivity contribution in [1.29, 1.82) is 0 Å². The van der Waals surface area contributed by atoms with Crippen molar-refractivity contribution >= 4 is 11.0 Å². The van der Waals surface area contributed by atoms with Gasteiger partial charge >= 0.3 is 0 Å². The van der Waals surface area contributed by atoms with Crippen molar-refractivity contribution in [2.75, 3.05) is 0 Å². The lowest BCUT2D eigenvalue weighted by Gasteiger charge is -2.05. The van der Waals surface area contributed by atoms with E-state index in [1.165, 1.54) is 0 Å². The van der Waals surface area contributed by atoms with Gasteiger partial charge in [-0.15, -0.1) is 0 Å². The number of benzene rings is 1. The van der Waals surface area contributed by atoms with Crippen molar-refractivity contribution in [3.63, 3.8) is 0 Å². The van der Waals surface area contributed by atoms with Crippen LogP contribution in [0, 0.1) is 0 Å². The second-order valence-corrected chi connectivity index (χ2v) is 4.21. The lowest BCUT2D eigenvalue weighted by Crippen LogP contribution is -1.98. The average Bonchev–Trinajstić information content (AvgIpc) is 3.18. The molecule has 0 aliphatic carbocycles. The minimum absolute atomic E-state index is 0.791. The van der Waals surface area contributed by atoms with Gasteiger partial charge < -0.3 is 9.40 Å². The van der Waals surface area contributed by atoms with E-state index in [9.17, 15) is 0 Å². The third-order valence-corrected chi connectivity index (χ3v) is 3.07. The summed E-state index contributed by atoms with van der Waals surface area (Å²) in [5, 5.41) is 4.35. The number of imidazole rings is 1. The molecule has 19 heavy (non-hydrogen) atoms. The van der Waals surface area contributed by atoms with Crippen LogP contribution in [0.1, 0.15) is 0 Å². The predicted octanol–water partition coefficient (Wildman–Crippen LogP) is 3.01. The van der Waals surface area contributed by atoms with Crippen LogP contribution in [0.15, 0.2) is 59.6 Å². The van der Waals surface area contributed by atoms with Crippen LogP contribution in [0.5, 0.6) is 0 Å². The molecule has 0 bridgehead atoms. The Hall–Kier alpha value is -2.82. The number of furan rings is 1.